The van der Waals surface area contributed by atoms with Crippen LogP contribution in [0.25, 0.3) is 16.6 Å². The molecule has 0 aliphatic rings. The molecule has 7 heteroatoms. The summed E-state index contributed by atoms with van der Waals surface area (Å²) < 4.78 is 15.1. The van der Waals surface area contributed by atoms with E-state index in [1.165, 1.54) is 22.8 Å². The Kier molecular flexibility index (Phi) is 4.52. The summed E-state index contributed by atoms with van der Waals surface area (Å²) in [6.07, 6.45) is 3.14. The summed E-state index contributed by atoms with van der Waals surface area (Å²) in [4.78, 5) is 21.7. The van der Waals surface area contributed by atoms with E-state index in [4.69, 9.17) is 0 Å². The molecule has 2 heterocycles. The Bertz CT molecular complexity index is 1260. The second-order valence-corrected chi connectivity index (χ2v) is 6.05. The number of hydrogen-bond acceptors (Lipinski definition) is 5. The molecule has 0 aliphatic carbocycles. The van der Waals surface area contributed by atoms with E-state index in [1.54, 1.807) is 42.7 Å². The highest BCUT2D eigenvalue weighted by atomic mass is 19.1. The van der Waals surface area contributed by atoms with Crippen LogP contribution in [0.5, 0.6) is 0 Å². The average Bonchev–Trinajstić information content (AvgIpc) is 2.73. The van der Waals surface area contributed by atoms with E-state index in [1.807, 2.05) is 6.07 Å². The third-order valence-electron chi connectivity index (χ3n) is 4.29. The number of pyridine rings is 1. The minimum absolute atomic E-state index is 0.185. The van der Waals surface area contributed by atoms with Crippen LogP contribution < -0.4 is 10.9 Å². The van der Waals surface area contributed by atoms with Gasteiger partial charge >= 0.3 is 0 Å². The Labute approximate surface area is 159 Å². The fourth-order valence-electron chi connectivity index (χ4n) is 2.98. The maximum atomic E-state index is 13.7. The quantitative estimate of drug-likeness (QED) is 0.594. The molecule has 1 N–H and O–H groups in total. The third-order valence-corrected chi connectivity index (χ3v) is 4.29. The van der Waals surface area contributed by atoms with Gasteiger partial charge in [0.15, 0.2) is 0 Å². The molecular weight excluding hydrogens is 357 g/mol. The summed E-state index contributed by atoms with van der Waals surface area (Å²) in [7, 11) is 0. The fourth-order valence-corrected chi connectivity index (χ4v) is 2.98. The predicted octanol–water partition coefficient (Wildman–Crippen LogP) is 3.40. The first-order valence-corrected chi connectivity index (χ1v) is 8.52. The van der Waals surface area contributed by atoms with Crippen molar-refractivity contribution in [1.82, 2.24) is 14.5 Å². The molecule has 6 nitrogen and oxygen atoms in total. The Morgan fingerprint density at radius 2 is 2.00 bits per heavy atom. The van der Waals surface area contributed by atoms with Crippen LogP contribution in [0, 0.1) is 17.1 Å². The van der Waals surface area contributed by atoms with Crippen LogP contribution in [0.3, 0.4) is 0 Å². The van der Waals surface area contributed by atoms with Gasteiger partial charge in [0.05, 0.1) is 40.6 Å². The van der Waals surface area contributed by atoms with Gasteiger partial charge in [-0.25, -0.2) is 9.37 Å². The molecule has 4 rings (SSSR count). The topological polar surface area (TPSA) is 83.6 Å². The first kappa shape index (κ1) is 17.4. The van der Waals surface area contributed by atoms with Gasteiger partial charge in [-0.15, -0.1) is 0 Å². The van der Waals surface area contributed by atoms with Crippen molar-refractivity contribution in [3.63, 3.8) is 0 Å². The van der Waals surface area contributed by atoms with Crippen molar-refractivity contribution in [1.29, 1.82) is 5.26 Å². The number of nitriles is 1. The average molecular weight is 371 g/mol. The van der Waals surface area contributed by atoms with E-state index < -0.39 is 5.82 Å². The van der Waals surface area contributed by atoms with Crippen LogP contribution in [0.1, 0.15) is 11.4 Å². The number of rotatable bonds is 4. The van der Waals surface area contributed by atoms with Gasteiger partial charge in [0.1, 0.15) is 17.7 Å². The zero-order valence-electron chi connectivity index (χ0n) is 14.6. The molecule has 0 fully saturated rings. The Morgan fingerprint density at radius 1 is 1.14 bits per heavy atom. The van der Waals surface area contributed by atoms with Crippen molar-refractivity contribution in [3.8, 4) is 11.8 Å². The predicted molar refractivity (Wildman–Crippen MR) is 104 cm³/mol. The van der Waals surface area contributed by atoms with E-state index >= 15 is 0 Å². The van der Waals surface area contributed by atoms with E-state index in [-0.39, 0.29) is 17.5 Å². The van der Waals surface area contributed by atoms with Gasteiger partial charge in [-0.2, -0.15) is 5.26 Å². The number of benzene rings is 2. The highest BCUT2D eigenvalue weighted by molar-refractivity contribution is 5.78. The summed E-state index contributed by atoms with van der Waals surface area (Å²) in [5, 5.41) is 12.6. The van der Waals surface area contributed by atoms with E-state index in [9.17, 15) is 14.4 Å². The van der Waals surface area contributed by atoms with E-state index in [2.05, 4.69) is 21.4 Å². The molecule has 0 unspecified atom stereocenters. The molecule has 4 aromatic rings. The molecule has 0 aliphatic heterocycles. The first-order valence-electron chi connectivity index (χ1n) is 8.52. The van der Waals surface area contributed by atoms with Crippen LogP contribution in [0.2, 0.25) is 0 Å². The smallest absolute Gasteiger partial charge is 0.266 e. The third kappa shape index (κ3) is 3.19. The molecule has 0 atom stereocenters. The molecule has 0 bridgehead atoms. The molecule has 0 amide bonds. The van der Waals surface area contributed by atoms with Crippen LogP contribution in [0.4, 0.5) is 10.1 Å². The zero-order chi connectivity index (χ0) is 19.5. The maximum Gasteiger partial charge on any atom is 0.266 e. The number of nitrogens with zero attached hydrogens (tertiary/aromatic N) is 4. The summed E-state index contributed by atoms with van der Waals surface area (Å²) in [6, 6.07) is 16.6. The normalized spacial score (nSPS) is 10.6. The van der Waals surface area contributed by atoms with Crippen molar-refractivity contribution >= 4 is 16.6 Å². The maximum absolute atomic E-state index is 13.7. The van der Waals surface area contributed by atoms with Gasteiger partial charge in [0.2, 0.25) is 0 Å². The number of fused-ring (bicyclic) bond motifs is 1. The minimum Gasteiger partial charge on any atom is -0.377 e. The van der Waals surface area contributed by atoms with Crippen molar-refractivity contribution in [2.24, 2.45) is 0 Å². The number of hydrogen-bond donors (Lipinski definition) is 1. The van der Waals surface area contributed by atoms with Gasteiger partial charge < -0.3 is 5.32 Å². The second kappa shape index (κ2) is 7.29. The standard InChI is InChI=1S/C21H14FN5O/c22-15-7-8-19-17(10-15)21(28)27(16-5-3-9-24-12-16)20(26-19)13-25-18-6-2-1-4-14(18)11-23/h1-10,12,25H,13H2. The number of para-hydroxylation sites is 1. The summed E-state index contributed by atoms with van der Waals surface area (Å²) in [5.74, 6) is -0.0807. The lowest BCUT2D eigenvalue weighted by molar-refractivity contribution is 0.629. The molecule has 2 aromatic heterocycles. The number of anilines is 1. The van der Waals surface area contributed by atoms with E-state index in [0.29, 0.717) is 28.3 Å². The molecule has 0 saturated carbocycles. The summed E-state index contributed by atoms with van der Waals surface area (Å²) >= 11 is 0. The lowest BCUT2D eigenvalue weighted by atomic mass is 10.2. The highest BCUT2D eigenvalue weighted by Gasteiger charge is 2.14. The van der Waals surface area contributed by atoms with Crippen molar-refractivity contribution in [2.45, 2.75) is 6.54 Å². The number of halogens is 1. The lowest BCUT2D eigenvalue weighted by Crippen LogP contribution is -2.25. The number of aromatic nitrogens is 3. The van der Waals surface area contributed by atoms with Crippen molar-refractivity contribution in [3.05, 3.63) is 94.5 Å². The highest BCUT2D eigenvalue weighted by Crippen LogP contribution is 2.17. The molecular formula is C21H14FN5O. The molecule has 2 aromatic carbocycles. The SMILES string of the molecule is N#Cc1ccccc1NCc1nc2ccc(F)cc2c(=O)n1-c1cccnc1. The van der Waals surface area contributed by atoms with Crippen molar-refractivity contribution in [2.75, 3.05) is 5.32 Å². The number of nitrogens with one attached hydrogen (secondary N) is 1. The Morgan fingerprint density at radius 3 is 2.79 bits per heavy atom. The molecule has 0 spiro atoms. The fraction of sp³-hybridized carbons (Fsp3) is 0.0476. The summed E-state index contributed by atoms with van der Waals surface area (Å²) in [6.45, 7) is 0.191. The van der Waals surface area contributed by atoms with Crippen LogP contribution in [0.15, 0.2) is 71.8 Å². The Hall–Kier alpha value is -4.05. The minimum atomic E-state index is -0.502. The van der Waals surface area contributed by atoms with Gasteiger partial charge in [0, 0.05) is 6.20 Å². The molecule has 0 saturated heterocycles. The van der Waals surface area contributed by atoms with Crippen LogP contribution >= 0.6 is 0 Å². The van der Waals surface area contributed by atoms with Crippen LogP contribution in [-0.4, -0.2) is 14.5 Å². The molecule has 28 heavy (non-hydrogen) atoms. The first-order chi connectivity index (χ1) is 13.7. The zero-order valence-corrected chi connectivity index (χ0v) is 14.6. The largest absolute Gasteiger partial charge is 0.377 e. The van der Waals surface area contributed by atoms with Gasteiger partial charge in [-0.05, 0) is 42.5 Å². The summed E-state index contributed by atoms with van der Waals surface area (Å²) in [5.41, 5.74) is 1.66. The van der Waals surface area contributed by atoms with E-state index in [0.717, 1.165) is 0 Å². The van der Waals surface area contributed by atoms with Crippen LogP contribution in [-0.2, 0) is 6.54 Å². The monoisotopic (exact) mass is 371 g/mol. The second-order valence-electron chi connectivity index (χ2n) is 6.05. The molecule has 136 valence electrons. The molecule has 0 radical (unpaired) electrons. The Balaban J connectivity index is 1.86. The van der Waals surface area contributed by atoms with Crippen molar-refractivity contribution < 1.29 is 4.39 Å². The van der Waals surface area contributed by atoms with Gasteiger partial charge in [0.25, 0.3) is 5.56 Å². The van der Waals surface area contributed by atoms with Gasteiger partial charge in [-0.3, -0.25) is 14.3 Å². The lowest BCUT2D eigenvalue weighted by Gasteiger charge is -2.15. The van der Waals surface area contributed by atoms with Gasteiger partial charge in [-0.1, -0.05) is 12.1 Å².